The van der Waals surface area contributed by atoms with Gasteiger partial charge in [0.15, 0.2) is 5.82 Å². The lowest BCUT2D eigenvalue weighted by Crippen LogP contribution is -2.10. The normalized spacial score (nSPS) is 10.5. The van der Waals surface area contributed by atoms with Gasteiger partial charge in [-0.1, -0.05) is 12.1 Å². The van der Waals surface area contributed by atoms with E-state index in [1.54, 1.807) is 0 Å². The fourth-order valence-corrected chi connectivity index (χ4v) is 2.00. The third kappa shape index (κ3) is 1.97. The highest BCUT2D eigenvalue weighted by molar-refractivity contribution is 9.10. The van der Waals surface area contributed by atoms with Crippen molar-refractivity contribution in [1.82, 2.24) is 9.78 Å². The maximum absolute atomic E-state index is 4.55. The van der Waals surface area contributed by atoms with Gasteiger partial charge in [0.25, 0.3) is 0 Å². The van der Waals surface area contributed by atoms with Crippen molar-refractivity contribution in [2.45, 2.75) is 6.92 Å². The molecule has 0 radical (unpaired) electrons. The summed E-state index contributed by atoms with van der Waals surface area (Å²) in [4.78, 5) is 2.00. The number of rotatable bonds is 2. The molecule has 0 fully saturated rings. The minimum atomic E-state index is 0.966. The van der Waals surface area contributed by atoms with E-state index in [4.69, 9.17) is 0 Å². The number of hydrogen-bond donors (Lipinski definition) is 0. The lowest BCUT2D eigenvalue weighted by Gasteiger charge is -2.08. The molecule has 0 aliphatic heterocycles. The summed E-state index contributed by atoms with van der Waals surface area (Å²) in [6.07, 6.45) is 0. The monoisotopic (exact) mass is 279 g/mol. The van der Waals surface area contributed by atoms with Gasteiger partial charge >= 0.3 is 0 Å². The van der Waals surface area contributed by atoms with Gasteiger partial charge in [-0.2, -0.15) is 5.10 Å². The lowest BCUT2D eigenvalue weighted by molar-refractivity contribution is 0.834. The summed E-state index contributed by atoms with van der Waals surface area (Å²) in [6, 6.07) is 10.1. The highest BCUT2D eigenvalue weighted by Gasteiger charge is 2.09. The van der Waals surface area contributed by atoms with Gasteiger partial charge in [-0.25, -0.2) is 4.68 Å². The first kappa shape index (κ1) is 11.2. The van der Waals surface area contributed by atoms with Gasteiger partial charge in [0.05, 0.1) is 5.69 Å². The van der Waals surface area contributed by atoms with Gasteiger partial charge in [-0.3, -0.25) is 0 Å². The minimum absolute atomic E-state index is 0.966. The van der Waals surface area contributed by atoms with Gasteiger partial charge in [0.2, 0.25) is 0 Å². The second-order valence-electron chi connectivity index (χ2n) is 3.90. The Labute approximate surface area is 104 Å². The van der Waals surface area contributed by atoms with E-state index < -0.39 is 0 Å². The van der Waals surface area contributed by atoms with Crippen LogP contribution in [0.15, 0.2) is 34.8 Å². The van der Waals surface area contributed by atoms with Crippen molar-refractivity contribution in [2.24, 2.45) is 0 Å². The van der Waals surface area contributed by atoms with E-state index in [0.29, 0.717) is 0 Å². The Hall–Kier alpha value is -1.29. The highest BCUT2D eigenvalue weighted by Crippen LogP contribution is 2.23. The van der Waals surface area contributed by atoms with Gasteiger partial charge in [0, 0.05) is 30.3 Å². The van der Waals surface area contributed by atoms with Crippen molar-refractivity contribution in [3.05, 3.63) is 40.5 Å². The van der Waals surface area contributed by atoms with Crippen LogP contribution in [0.25, 0.3) is 5.69 Å². The van der Waals surface area contributed by atoms with E-state index in [9.17, 15) is 0 Å². The predicted molar refractivity (Wildman–Crippen MR) is 70.3 cm³/mol. The largest absolute Gasteiger partial charge is 0.361 e. The Morgan fingerprint density at radius 3 is 2.50 bits per heavy atom. The van der Waals surface area contributed by atoms with E-state index in [1.165, 1.54) is 0 Å². The number of benzene rings is 1. The van der Waals surface area contributed by atoms with Crippen molar-refractivity contribution >= 4 is 21.7 Å². The molecule has 0 amide bonds. The molecule has 0 aliphatic rings. The number of aromatic nitrogens is 2. The molecule has 0 saturated carbocycles. The van der Waals surface area contributed by atoms with Crippen molar-refractivity contribution in [3.63, 3.8) is 0 Å². The van der Waals surface area contributed by atoms with Crippen molar-refractivity contribution in [2.75, 3.05) is 19.0 Å². The lowest BCUT2D eigenvalue weighted by atomic mass is 10.3. The first-order chi connectivity index (χ1) is 7.59. The van der Waals surface area contributed by atoms with E-state index in [0.717, 1.165) is 21.7 Å². The molecule has 0 unspecified atom stereocenters. The first-order valence-corrected chi connectivity index (χ1v) is 5.88. The Balaban J connectivity index is 2.52. The van der Waals surface area contributed by atoms with Crippen LogP contribution in [-0.2, 0) is 0 Å². The molecule has 3 nitrogen and oxygen atoms in total. The van der Waals surface area contributed by atoms with Crippen molar-refractivity contribution in [3.8, 4) is 5.69 Å². The molecule has 0 saturated heterocycles. The number of aryl methyl sites for hydroxylation is 1. The molecule has 0 N–H and O–H groups in total. The molecule has 0 atom stereocenters. The quantitative estimate of drug-likeness (QED) is 0.843. The molecule has 4 heteroatoms. The van der Waals surface area contributed by atoms with Crippen molar-refractivity contribution in [1.29, 1.82) is 0 Å². The minimum Gasteiger partial charge on any atom is -0.361 e. The van der Waals surface area contributed by atoms with Gasteiger partial charge < -0.3 is 4.90 Å². The molecule has 84 valence electrons. The fraction of sp³-hybridized carbons (Fsp3) is 0.250. The van der Waals surface area contributed by atoms with Gasteiger partial charge in [-0.05, 0) is 35.0 Å². The maximum atomic E-state index is 4.55. The van der Waals surface area contributed by atoms with Crippen LogP contribution in [0.1, 0.15) is 5.69 Å². The number of halogens is 1. The molecule has 1 aromatic heterocycles. The number of anilines is 1. The number of nitrogens with zero attached hydrogens (tertiary/aromatic N) is 3. The second-order valence-corrected chi connectivity index (χ2v) is 4.76. The molecular formula is C12H14BrN3. The zero-order valence-corrected chi connectivity index (χ0v) is 11.2. The topological polar surface area (TPSA) is 21.1 Å². The third-order valence-corrected chi connectivity index (χ3v) is 3.08. The SMILES string of the molecule is Cc1cc(N(C)C)nn1-c1ccccc1Br. The number of para-hydroxylation sites is 1. The molecule has 0 aliphatic carbocycles. The summed E-state index contributed by atoms with van der Waals surface area (Å²) in [7, 11) is 3.98. The zero-order chi connectivity index (χ0) is 11.7. The van der Waals surface area contributed by atoms with Crippen LogP contribution in [0.2, 0.25) is 0 Å². The van der Waals surface area contributed by atoms with Crippen LogP contribution in [0.4, 0.5) is 5.82 Å². The molecular weight excluding hydrogens is 266 g/mol. The fourth-order valence-electron chi connectivity index (χ4n) is 1.54. The Morgan fingerprint density at radius 2 is 1.94 bits per heavy atom. The molecule has 2 aromatic rings. The van der Waals surface area contributed by atoms with Crippen LogP contribution in [0, 0.1) is 6.92 Å². The summed E-state index contributed by atoms with van der Waals surface area (Å²) in [5, 5.41) is 4.55. The molecule has 16 heavy (non-hydrogen) atoms. The molecule has 0 bridgehead atoms. The third-order valence-electron chi connectivity index (χ3n) is 2.41. The van der Waals surface area contributed by atoms with Crippen LogP contribution in [-0.4, -0.2) is 23.9 Å². The van der Waals surface area contributed by atoms with Gasteiger partial charge in [0.1, 0.15) is 0 Å². The van der Waals surface area contributed by atoms with E-state index in [-0.39, 0.29) is 0 Å². The van der Waals surface area contributed by atoms with E-state index in [1.807, 2.05) is 47.9 Å². The average molecular weight is 280 g/mol. The van der Waals surface area contributed by atoms with Gasteiger partial charge in [-0.15, -0.1) is 0 Å². The summed E-state index contributed by atoms with van der Waals surface area (Å²) in [5.41, 5.74) is 2.18. The van der Waals surface area contributed by atoms with Crippen LogP contribution >= 0.6 is 15.9 Å². The Morgan fingerprint density at radius 1 is 1.25 bits per heavy atom. The Kier molecular flexibility index (Phi) is 3.01. The summed E-state index contributed by atoms with van der Waals surface area (Å²) >= 11 is 3.54. The van der Waals surface area contributed by atoms with Crippen molar-refractivity contribution < 1.29 is 0 Å². The standard InChI is InChI=1S/C12H14BrN3/c1-9-8-12(15(2)3)14-16(9)11-7-5-4-6-10(11)13/h4-8H,1-3H3. The van der Waals surface area contributed by atoms with Crippen LogP contribution in [0.5, 0.6) is 0 Å². The van der Waals surface area contributed by atoms with Crippen LogP contribution in [0.3, 0.4) is 0 Å². The first-order valence-electron chi connectivity index (χ1n) is 5.08. The molecule has 0 spiro atoms. The summed E-state index contributed by atoms with van der Waals surface area (Å²) < 4.78 is 2.99. The maximum Gasteiger partial charge on any atom is 0.150 e. The molecule has 1 aromatic carbocycles. The molecule has 2 rings (SSSR count). The van der Waals surface area contributed by atoms with E-state index >= 15 is 0 Å². The van der Waals surface area contributed by atoms with E-state index in [2.05, 4.69) is 34.0 Å². The van der Waals surface area contributed by atoms with Crippen LogP contribution < -0.4 is 4.90 Å². The predicted octanol–water partition coefficient (Wildman–Crippen LogP) is 3.01. The zero-order valence-electron chi connectivity index (χ0n) is 9.61. The average Bonchev–Trinajstić information content (AvgIpc) is 2.61. The highest BCUT2D eigenvalue weighted by atomic mass is 79.9. The summed E-state index contributed by atoms with van der Waals surface area (Å²) in [5.74, 6) is 0.966. The number of hydrogen-bond acceptors (Lipinski definition) is 2. The second kappa shape index (κ2) is 4.29. The Bertz CT molecular complexity index is 503. The summed E-state index contributed by atoms with van der Waals surface area (Å²) in [6.45, 7) is 2.06. The smallest absolute Gasteiger partial charge is 0.150 e. The molecule has 1 heterocycles.